The van der Waals surface area contributed by atoms with Gasteiger partial charge in [0.1, 0.15) is 0 Å². The molecule has 0 saturated carbocycles. The van der Waals surface area contributed by atoms with Crippen LogP contribution in [0.5, 0.6) is 0 Å². The molecule has 7 heteroatoms. The number of hydrogen-bond donors (Lipinski definition) is 1. The number of furan rings is 1. The minimum Gasteiger partial charge on any atom is -0.450 e. The first kappa shape index (κ1) is 20.4. The number of fused-ring (bicyclic) bond motifs is 1. The van der Waals surface area contributed by atoms with E-state index in [0.29, 0.717) is 17.5 Å². The summed E-state index contributed by atoms with van der Waals surface area (Å²) in [6.07, 6.45) is 0.743. The number of nitrogens with one attached hydrogen (secondary N) is 1. The van der Waals surface area contributed by atoms with Gasteiger partial charge in [-0.2, -0.15) is 0 Å². The van der Waals surface area contributed by atoms with Crippen molar-refractivity contribution in [2.24, 2.45) is 0 Å². The molecule has 1 amide bonds. The van der Waals surface area contributed by atoms with E-state index in [1.807, 2.05) is 37.4 Å². The lowest BCUT2D eigenvalue weighted by Crippen LogP contribution is -2.31. The number of aryl methyl sites for hydroxylation is 1. The fourth-order valence-corrected chi connectivity index (χ4v) is 3.01. The number of carbonyl (C=O) groups is 2. The van der Waals surface area contributed by atoms with Gasteiger partial charge in [-0.25, -0.2) is 9.18 Å². The number of ether oxygens (including phenoxy) is 1. The number of para-hydroxylation sites is 2. The first-order valence-corrected chi connectivity index (χ1v) is 9.35. The molecule has 152 valence electrons. The third-order valence-corrected chi connectivity index (χ3v) is 4.62. The number of halogens is 1. The van der Waals surface area contributed by atoms with Gasteiger partial charge in [-0.05, 0) is 31.5 Å². The molecule has 0 bridgehead atoms. The second kappa shape index (κ2) is 9.23. The maximum Gasteiger partial charge on any atom is 0.375 e. The highest BCUT2D eigenvalue weighted by atomic mass is 19.1. The molecule has 0 aliphatic carbocycles. The molecular weight excluding hydrogens is 375 g/mol. The van der Waals surface area contributed by atoms with Crippen LogP contribution in [0.1, 0.15) is 22.5 Å². The molecule has 0 atom stereocenters. The number of rotatable bonds is 8. The highest BCUT2D eigenvalue weighted by Gasteiger charge is 2.21. The monoisotopic (exact) mass is 398 g/mol. The van der Waals surface area contributed by atoms with Crippen molar-refractivity contribution in [2.45, 2.75) is 13.3 Å². The molecule has 2 aromatic carbocycles. The van der Waals surface area contributed by atoms with Gasteiger partial charge in [-0.1, -0.05) is 30.3 Å². The summed E-state index contributed by atoms with van der Waals surface area (Å²) in [7, 11) is 1.98. The van der Waals surface area contributed by atoms with E-state index < -0.39 is 24.3 Å². The highest BCUT2D eigenvalue weighted by Crippen LogP contribution is 2.27. The summed E-state index contributed by atoms with van der Waals surface area (Å²) in [4.78, 5) is 26.2. The Morgan fingerprint density at radius 3 is 2.62 bits per heavy atom. The number of benzene rings is 2. The summed E-state index contributed by atoms with van der Waals surface area (Å²) < 4.78 is 24.1. The lowest BCUT2D eigenvalue weighted by molar-refractivity contribution is -0.124. The summed E-state index contributed by atoms with van der Waals surface area (Å²) in [5.74, 6) is -1.84. The zero-order valence-electron chi connectivity index (χ0n) is 16.4. The maximum absolute atomic E-state index is 13.8. The van der Waals surface area contributed by atoms with Crippen LogP contribution in [0.25, 0.3) is 11.0 Å². The smallest absolute Gasteiger partial charge is 0.375 e. The maximum atomic E-state index is 13.8. The average molecular weight is 398 g/mol. The Hall–Kier alpha value is -3.35. The van der Waals surface area contributed by atoms with Crippen molar-refractivity contribution in [2.75, 3.05) is 31.6 Å². The van der Waals surface area contributed by atoms with E-state index in [4.69, 9.17) is 9.15 Å². The molecule has 0 radical (unpaired) electrons. The first-order valence-electron chi connectivity index (χ1n) is 9.35. The van der Waals surface area contributed by atoms with Crippen LogP contribution in [0.15, 0.2) is 52.9 Å². The predicted molar refractivity (Wildman–Crippen MR) is 109 cm³/mol. The van der Waals surface area contributed by atoms with E-state index in [2.05, 4.69) is 10.2 Å². The minimum atomic E-state index is -0.794. The van der Waals surface area contributed by atoms with Crippen LogP contribution in [0.4, 0.5) is 10.1 Å². The summed E-state index contributed by atoms with van der Waals surface area (Å²) in [5, 5.41) is 3.22. The van der Waals surface area contributed by atoms with Gasteiger partial charge < -0.3 is 19.4 Å². The molecule has 0 fully saturated rings. The van der Waals surface area contributed by atoms with E-state index in [-0.39, 0.29) is 11.3 Å². The molecule has 0 spiro atoms. The van der Waals surface area contributed by atoms with Gasteiger partial charge in [-0.15, -0.1) is 0 Å². The van der Waals surface area contributed by atoms with Crippen LogP contribution >= 0.6 is 0 Å². The summed E-state index contributed by atoms with van der Waals surface area (Å²) in [5.41, 5.74) is 1.59. The van der Waals surface area contributed by atoms with Crippen molar-refractivity contribution < 1.29 is 23.1 Å². The normalized spacial score (nSPS) is 10.7. The van der Waals surface area contributed by atoms with Gasteiger partial charge >= 0.3 is 5.97 Å². The van der Waals surface area contributed by atoms with Gasteiger partial charge in [0.2, 0.25) is 5.76 Å². The molecule has 3 rings (SSSR count). The molecule has 0 aliphatic rings. The lowest BCUT2D eigenvalue weighted by Gasteiger charge is -2.19. The SMILES string of the molecule is Cc1c(C(=O)OCC(=O)NCCCN(C)c2ccccc2)oc2c(F)cccc12. The van der Waals surface area contributed by atoms with Crippen LogP contribution in [-0.4, -0.2) is 38.6 Å². The third kappa shape index (κ3) is 4.93. The van der Waals surface area contributed by atoms with Crippen molar-refractivity contribution in [3.8, 4) is 0 Å². The molecule has 1 heterocycles. The van der Waals surface area contributed by atoms with Gasteiger partial charge in [0.15, 0.2) is 18.0 Å². The number of esters is 1. The molecule has 0 unspecified atom stereocenters. The van der Waals surface area contributed by atoms with Crippen molar-refractivity contribution >= 4 is 28.5 Å². The molecule has 3 aromatic rings. The topological polar surface area (TPSA) is 71.8 Å². The van der Waals surface area contributed by atoms with E-state index in [9.17, 15) is 14.0 Å². The molecule has 1 N–H and O–H groups in total. The quantitative estimate of drug-likeness (QED) is 0.463. The predicted octanol–water partition coefficient (Wildman–Crippen LogP) is 3.68. The van der Waals surface area contributed by atoms with Gasteiger partial charge in [0.25, 0.3) is 5.91 Å². The second-order valence-corrected chi connectivity index (χ2v) is 6.71. The second-order valence-electron chi connectivity index (χ2n) is 6.71. The van der Waals surface area contributed by atoms with Crippen LogP contribution in [0.2, 0.25) is 0 Å². The van der Waals surface area contributed by atoms with Gasteiger partial charge in [0.05, 0.1) is 0 Å². The van der Waals surface area contributed by atoms with Gasteiger partial charge in [-0.3, -0.25) is 4.79 Å². The summed E-state index contributed by atoms with van der Waals surface area (Å²) in [6, 6.07) is 14.4. The van der Waals surface area contributed by atoms with Crippen LogP contribution < -0.4 is 10.2 Å². The van der Waals surface area contributed by atoms with Crippen molar-refractivity contribution in [3.05, 3.63) is 65.7 Å². The lowest BCUT2D eigenvalue weighted by atomic mass is 10.1. The molecule has 6 nitrogen and oxygen atoms in total. The van der Waals surface area contributed by atoms with Crippen LogP contribution in [-0.2, 0) is 9.53 Å². The Morgan fingerprint density at radius 1 is 1.14 bits per heavy atom. The number of carbonyl (C=O) groups excluding carboxylic acids is 2. The Labute approximate surface area is 168 Å². The summed E-state index contributed by atoms with van der Waals surface area (Å²) in [6.45, 7) is 2.45. The first-order chi connectivity index (χ1) is 14.0. The molecular formula is C22H23FN2O4. The molecule has 0 saturated heterocycles. The standard InChI is InChI=1S/C22H23FN2O4/c1-15-17-10-6-11-18(23)21(17)29-20(15)22(27)28-14-19(26)24-12-7-13-25(2)16-8-4-3-5-9-16/h3-6,8-11H,7,12-14H2,1-2H3,(H,24,26). The van der Waals surface area contributed by atoms with E-state index in [1.165, 1.54) is 12.1 Å². The molecule has 1 aromatic heterocycles. The fraction of sp³-hybridized carbons (Fsp3) is 0.273. The van der Waals surface area contributed by atoms with E-state index >= 15 is 0 Å². The van der Waals surface area contributed by atoms with Crippen LogP contribution in [0, 0.1) is 12.7 Å². The number of anilines is 1. The van der Waals surface area contributed by atoms with E-state index in [0.717, 1.165) is 18.7 Å². The minimum absolute atomic E-state index is 0.00365. The zero-order chi connectivity index (χ0) is 20.8. The van der Waals surface area contributed by atoms with Gasteiger partial charge in [0, 0.05) is 36.8 Å². The van der Waals surface area contributed by atoms with Crippen molar-refractivity contribution in [1.29, 1.82) is 0 Å². The number of amides is 1. The molecule has 0 aliphatic heterocycles. The Balaban J connectivity index is 1.43. The number of hydrogen-bond acceptors (Lipinski definition) is 5. The third-order valence-electron chi connectivity index (χ3n) is 4.62. The number of nitrogens with zero attached hydrogens (tertiary/aromatic N) is 1. The largest absolute Gasteiger partial charge is 0.450 e. The Bertz CT molecular complexity index is 1000. The Morgan fingerprint density at radius 2 is 1.90 bits per heavy atom. The summed E-state index contributed by atoms with van der Waals surface area (Å²) >= 11 is 0. The highest BCUT2D eigenvalue weighted by molar-refractivity contribution is 5.96. The van der Waals surface area contributed by atoms with Crippen molar-refractivity contribution in [3.63, 3.8) is 0 Å². The zero-order valence-corrected chi connectivity index (χ0v) is 16.4. The average Bonchev–Trinajstić information content (AvgIpc) is 3.08. The Kier molecular flexibility index (Phi) is 6.49. The van der Waals surface area contributed by atoms with Crippen LogP contribution in [0.3, 0.4) is 0 Å². The van der Waals surface area contributed by atoms with Crippen molar-refractivity contribution in [1.82, 2.24) is 5.32 Å². The fourth-order valence-electron chi connectivity index (χ4n) is 3.01. The van der Waals surface area contributed by atoms with E-state index in [1.54, 1.807) is 13.0 Å². The molecule has 29 heavy (non-hydrogen) atoms.